The first-order chi connectivity index (χ1) is 12.0. The van der Waals surface area contributed by atoms with Gasteiger partial charge in [-0.3, -0.25) is 9.59 Å². The quantitative estimate of drug-likeness (QED) is 0.729. The van der Waals surface area contributed by atoms with Crippen molar-refractivity contribution in [3.63, 3.8) is 0 Å². The Bertz CT molecular complexity index is 671. The molecule has 0 unspecified atom stereocenters. The van der Waals surface area contributed by atoms with E-state index in [1.54, 1.807) is 33.9 Å². The fraction of sp³-hybridized carbons (Fsp3) is 0.500. The molecule has 0 aromatic heterocycles. The molecule has 2 N–H and O–H groups in total. The van der Waals surface area contributed by atoms with Crippen molar-refractivity contribution in [2.24, 2.45) is 0 Å². The van der Waals surface area contributed by atoms with E-state index in [0.29, 0.717) is 5.69 Å². The molecule has 1 aromatic rings. The van der Waals surface area contributed by atoms with Crippen LogP contribution in [0.1, 0.15) is 32.8 Å². The monoisotopic (exact) mass is 427 g/mol. The van der Waals surface area contributed by atoms with Crippen LogP contribution in [0, 0.1) is 6.92 Å². The molecule has 3 amide bonds. The number of halogens is 1. The molecular weight excluding hydrogens is 402 g/mol. The predicted molar refractivity (Wildman–Crippen MR) is 104 cm³/mol. The average molecular weight is 428 g/mol. The normalized spacial score (nSPS) is 10.8. The molecule has 0 aliphatic heterocycles. The molecule has 144 valence electrons. The van der Waals surface area contributed by atoms with Crippen LogP contribution in [0.5, 0.6) is 0 Å². The molecule has 0 aliphatic rings. The number of ether oxygens (including phenoxy) is 1. The molecule has 0 bridgehead atoms. The highest BCUT2D eigenvalue weighted by atomic mass is 79.9. The largest absolute Gasteiger partial charge is 0.444 e. The van der Waals surface area contributed by atoms with Crippen molar-refractivity contribution < 1.29 is 19.1 Å². The number of amides is 3. The number of likely N-dealkylation sites (N-methyl/N-ethyl adjacent to an activating group) is 1. The summed E-state index contributed by atoms with van der Waals surface area (Å²) in [4.78, 5) is 37.0. The number of hydrogen-bond acceptors (Lipinski definition) is 4. The van der Waals surface area contributed by atoms with Gasteiger partial charge in [-0.25, -0.2) is 4.79 Å². The minimum absolute atomic E-state index is 0.0687. The van der Waals surface area contributed by atoms with Gasteiger partial charge in [0.15, 0.2) is 0 Å². The number of carbonyl (C=O) groups excluding carboxylic acids is 3. The van der Waals surface area contributed by atoms with Gasteiger partial charge in [-0.2, -0.15) is 0 Å². The SMILES string of the molecule is Cc1cc(Br)ccc1NC(=O)CN(C)C(=O)CCNC(=O)OC(C)(C)C. The van der Waals surface area contributed by atoms with Crippen LogP contribution in [0.25, 0.3) is 0 Å². The molecule has 1 aromatic carbocycles. The maximum atomic E-state index is 12.1. The third-order valence-corrected chi connectivity index (χ3v) is 3.77. The third kappa shape index (κ3) is 8.33. The molecule has 0 aliphatic carbocycles. The molecule has 0 spiro atoms. The lowest BCUT2D eigenvalue weighted by Crippen LogP contribution is -2.38. The van der Waals surface area contributed by atoms with Crippen LogP contribution < -0.4 is 10.6 Å². The van der Waals surface area contributed by atoms with Crippen molar-refractivity contribution in [1.29, 1.82) is 0 Å². The van der Waals surface area contributed by atoms with E-state index in [9.17, 15) is 14.4 Å². The molecule has 0 saturated heterocycles. The Balaban J connectivity index is 2.39. The van der Waals surface area contributed by atoms with E-state index in [2.05, 4.69) is 26.6 Å². The number of nitrogens with zero attached hydrogens (tertiary/aromatic N) is 1. The smallest absolute Gasteiger partial charge is 0.407 e. The van der Waals surface area contributed by atoms with Crippen molar-refractivity contribution >= 4 is 39.5 Å². The Labute approximate surface area is 162 Å². The summed E-state index contributed by atoms with van der Waals surface area (Å²) < 4.78 is 6.02. The Hall–Kier alpha value is -2.09. The van der Waals surface area contributed by atoms with Crippen LogP contribution in [0.3, 0.4) is 0 Å². The minimum Gasteiger partial charge on any atom is -0.444 e. The minimum atomic E-state index is -0.589. The van der Waals surface area contributed by atoms with Crippen molar-refractivity contribution in [3.8, 4) is 0 Å². The molecule has 0 fully saturated rings. The van der Waals surface area contributed by atoms with Gasteiger partial charge in [0.25, 0.3) is 0 Å². The van der Waals surface area contributed by atoms with Crippen LogP contribution in [-0.2, 0) is 14.3 Å². The number of carbonyl (C=O) groups is 3. The van der Waals surface area contributed by atoms with Crippen molar-refractivity contribution in [1.82, 2.24) is 10.2 Å². The standard InChI is InChI=1S/C18H26BrN3O4/c1-12-10-13(19)6-7-14(12)21-15(23)11-22(5)16(24)8-9-20-17(25)26-18(2,3)4/h6-7,10H,8-9,11H2,1-5H3,(H,20,25)(H,21,23). The molecular formula is C18H26BrN3O4. The highest BCUT2D eigenvalue weighted by Gasteiger charge is 2.17. The first-order valence-corrected chi connectivity index (χ1v) is 9.04. The number of rotatable bonds is 6. The van der Waals surface area contributed by atoms with Crippen LogP contribution in [-0.4, -0.2) is 48.5 Å². The van der Waals surface area contributed by atoms with E-state index in [4.69, 9.17) is 4.74 Å². The second-order valence-electron chi connectivity index (χ2n) is 6.94. The number of benzene rings is 1. The maximum absolute atomic E-state index is 12.1. The number of aryl methyl sites for hydroxylation is 1. The fourth-order valence-electron chi connectivity index (χ4n) is 2.04. The lowest BCUT2D eigenvalue weighted by Gasteiger charge is -2.20. The zero-order valence-corrected chi connectivity index (χ0v) is 17.4. The Morgan fingerprint density at radius 2 is 1.88 bits per heavy atom. The van der Waals surface area contributed by atoms with Crippen LogP contribution in [0.15, 0.2) is 22.7 Å². The summed E-state index contributed by atoms with van der Waals surface area (Å²) in [5.74, 6) is -0.532. The average Bonchev–Trinajstić information content (AvgIpc) is 2.48. The van der Waals surface area contributed by atoms with Crippen LogP contribution in [0.4, 0.5) is 10.5 Å². The lowest BCUT2D eigenvalue weighted by atomic mass is 10.2. The van der Waals surface area contributed by atoms with Crippen LogP contribution in [0.2, 0.25) is 0 Å². The molecule has 26 heavy (non-hydrogen) atoms. The van der Waals surface area contributed by atoms with E-state index in [1.165, 1.54) is 4.90 Å². The summed E-state index contributed by atoms with van der Waals surface area (Å²) in [6.07, 6.45) is -0.489. The van der Waals surface area contributed by atoms with Gasteiger partial charge in [-0.15, -0.1) is 0 Å². The van der Waals surface area contributed by atoms with Crippen LogP contribution >= 0.6 is 15.9 Å². The fourth-order valence-corrected chi connectivity index (χ4v) is 2.51. The number of hydrogen-bond donors (Lipinski definition) is 2. The third-order valence-electron chi connectivity index (χ3n) is 3.28. The summed E-state index contributed by atoms with van der Waals surface area (Å²) in [6, 6.07) is 5.52. The van der Waals surface area contributed by atoms with Gasteiger partial charge in [0, 0.05) is 30.2 Å². The first-order valence-electron chi connectivity index (χ1n) is 8.25. The highest BCUT2D eigenvalue weighted by Crippen LogP contribution is 2.19. The lowest BCUT2D eigenvalue weighted by molar-refractivity contribution is -0.133. The molecule has 7 nitrogen and oxygen atoms in total. The molecule has 0 heterocycles. The maximum Gasteiger partial charge on any atom is 0.407 e. The van der Waals surface area contributed by atoms with Gasteiger partial charge >= 0.3 is 6.09 Å². The molecule has 0 saturated carbocycles. The van der Waals surface area contributed by atoms with E-state index < -0.39 is 11.7 Å². The first kappa shape index (κ1) is 22.0. The van der Waals surface area contributed by atoms with E-state index >= 15 is 0 Å². The zero-order valence-electron chi connectivity index (χ0n) is 15.8. The van der Waals surface area contributed by atoms with Gasteiger partial charge in [-0.05, 0) is 51.5 Å². The molecule has 8 heteroatoms. The summed E-state index contributed by atoms with van der Waals surface area (Å²) >= 11 is 3.37. The second-order valence-corrected chi connectivity index (χ2v) is 7.85. The van der Waals surface area contributed by atoms with Gasteiger partial charge in [-0.1, -0.05) is 15.9 Å². The van der Waals surface area contributed by atoms with Gasteiger partial charge in [0.05, 0.1) is 6.54 Å². The van der Waals surface area contributed by atoms with Crippen molar-refractivity contribution in [2.45, 2.75) is 39.7 Å². The number of anilines is 1. The van der Waals surface area contributed by atoms with E-state index in [-0.39, 0.29) is 31.3 Å². The summed E-state index contributed by atoms with van der Waals surface area (Å²) in [7, 11) is 1.55. The van der Waals surface area contributed by atoms with Gasteiger partial charge in [0.1, 0.15) is 5.60 Å². The predicted octanol–water partition coefficient (Wildman–Crippen LogP) is 3.07. The summed E-state index contributed by atoms with van der Waals surface area (Å²) in [6.45, 7) is 7.25. The van der Waals surface area contributed by atoms with E-state index in [0.717, 1.165) is 10.0 Å². The van der Waals surface area contributed by atoms with Crippen molar-refractivity contribution in [3.05, 3.63) is 28.2 Å². The molecule has 1 rings (SSSR count). The molecule has 0 radical (unpaired) electrons. The van der Waals surface area contributed by atoms with Gasteiger partial charge < -0.3 is 20.3 Å². The van der Waals surface area contributed by atoms with Crippen molar-refractivity contribution in [2.75, 3.05) is 25.5 Å². The Kier molecular flexibility index (Phi) is 8.08. The Morgan fingerprint density at radius 3 is 2.46 bits per heavy atom. The Morgan fingerprint density at radius 1 is 1.23 bits per heavy atom. The van der Waals surface area contributed by atoms with Gasteiger partial charge in [0.2, 0.25) is 11.8 Å². The second kappa shape index (κ2) is 9.56. The number of alkyl carbamates (subject to hydrolysis) is 1. The topological polar surface area (TPSA) is 87.7 Å². The highest BCUT2D eigenvalue weighted by molar-refractivity contribution is 9.10. The summed E-state index contributed by atoms with van der Waals surface area (Å²) in [5, 5.41) is 5.30. The number of nitrogens with one attached hydrogen (secondary N) is 2. The van der Waals surface area contributed by atoms with E-state index in [1.807, 2.05) is 19.1 Å². The summed E-state index contributed by atoms with van der Waals surface area (Å²) in [5.41, 5.74) is 1.03. The zero-order chi connectivity index (χ0) is 19.9. The molecule has 0 atom stereocenters.